The van der Waals surface area contributed by atoms with E-state index in [1.807, 2.05) is 6.07 Å². The molecule has 1 aliphatic carbocycles. The Morgan fingerprint density at radius 1 is 1.19 bits per heavy atom. The third kappa shape index (κ3) is 4.99. The van der Waals surface area contributed by atoms with Crippen LogP contribution in [0.1, 0.15) is 52.5 Å². The summed E-state index contributed by atoms with van der Waals surface area (Å²) in [5.41, 5.74) is 0.941. The van der Waals surface area contributed by atoms with E-state index in [0.717, 1.165) is 24.3 Å². The Morgan fingerprint density at radius 2 is 1.95 bits per heavy atom. The highest BCUT2D eigenvalue weighted by Gasteiger charge is 2.25. The monoisotopic (exact) mass is 293 g/mol. The molecule has 1 aromatic rings. The zero-order valence-electron chi connectivity index (χ0n) is 13.7. The van der Waals surface area contributed by atoms with E-state index in [0.29, 0.717) is 24.3 Å². The van der Waals surface area contributed by atoms with Crippen molar-refractivity contribution in [3.63, 3.8) is 0 Å². The normalized spacial score (nSPS) is 26.1. The summed E-state index contributed by atoms with van der Waals surface area (Å²) >= 11 is 0. The molecule has 0 aromatic heterocycles. The van der Waals surface area contributed by atoms with Gasteiger partial charge in [-0.15, -0.1) is 0 Å². The molecule has 0 bridgehead atoms. The second-order valence-electron chi connectivity index (χ2n) is 6.84. The maximum Gasteiger partial charge on any atom is 0.127 e. The predicted molar refractivity (Wildman–Crippen MR) is 85.0 cm³/mol. The number of rotatable bonds is 5. The minimum atomic E-state index is -0.217. The van der Waals surface area contributed by atoms with Gasteiger partial charge < -0.3 is 10.1 Å². The molecule has 0 spiro atoms. The molecular formula is C18H28FNO. The minimum Gasteiger partial charge on any atom is -0.490 e. The Balaban J connectivity index is 1.99. The largest absolute Gasteiger partial charge is 0.490 e. The topological polar surface area (TPSA) is 21.3 Å². The summed E-state index contributed by atoms with van der Waals surface area (Å²) in [4.78, 5) is 0. The lowest BCUT2D eigenvalue weighted by molar-refractivity contribution is 0.100. The highest BCUT2D eigenvalue weighted by molar-refractivity contribution is 5.30. The van der Waals surface area contributed by atoms with Crippen molar-refractivity contribution < 1.29 is 9.13 Å². The van der Waals surface area contributed by atoms with Crippen molar-refractivity contribution in [3.05, 3.63) is 29.6 Å². The maximum atomic E-state index is 13.7. The molecule has 2 rings (SSSR count). The Bertz CT molecular complexity index is 461. The Hall–Kier alpha value is -1.09. The van der Waals surface area contributed by atoms with Crippen LogP contribution in [0.3, 0.4) is 0 Å². The number of benzene rings is 1. The van der Waals surface area contributed by atoms with Gasteiger partial charge in [-0.3, -0.25) is 0 Å². The van der Waals surface area contributed by atoms with Crippen LogP contribution in [-0.2, 0) is 6.54 Å². The highest BCUT2D eigenvalue weighted by atomic mass is 19.1. The second kappa shape index (κ2) is 7.26. The minimum absolute atomic E-state index is 0.217. The van der Waals surface area contributed by atoms with Gasteiger partial charge in [0.15, 0.2) is 0 Å². The van der Waals surface area contributed by atoms with Crippen LogP contribution in [0.4, 0.5) is 4.39 Å². The summed E-state index contributed by atoms with van der Waals surface area (Å²) in [6.45, 7) is 9.43. The number of hydrogen-bond acceptors (Lipinski definition) is 2. The first-order chi connectivity index (χ1) is 9.94. The van der Waals surface area contributed by atoms with Gasteiger partial charge in [-0.1, -0.05) is 27.7 Å². The van der Waals surface area contributed by atoms with Crippen LogP contribution in [-0.4, -0.2) is 12.1 Å². The van der Waals surface area contributed by atoms with Crippen LogP contribution >= 0.6 is 0 Å². The van der Waals surface area contributed by atoms with E-state index in [2.05, 4.69) is 33.0 Å². The molecule has 118 valence electrons. The first kappa shape index (κ1) is 16.3. The fourth-order valence-electron chi connectivity index (χ4n) is 2.91. The lowest BCUT2D eigenvalue weighted by atomic mass is 9.80. The van der Waals surface area contributed by atoms with Gasteiger partial charge in [0.2, 0.25) is 0 Å². The molecule has 0 saturated heterocycles. The van der Waals surface area contributed by atoms with Crippen molar-refractivity contribution >= 4 is 0 Å². The van der Waals surface area contributed by atoms with Gasteiger partial charge in [0.05, 0.1) is 6.10 Å². The molecular weight excluding hydrogens is 265 g/mol. The second-order valence-corrected chi connectivity index (χ2v) is 6.84. The van der Waals surface area contributed by atoms with E-state index in [1.54, 1.807) is 6.07 Å². The molecule has 21 heavy (non-hydrogen) atoms. The van der Waals surface area contributed by atoms with E-state index in [1.165, 1.54) is 12.5 Å². The summed E-state index contributed by atoms with van der Waals surface area (Å²) in [7, 11) is 0. The summed E-state index contributed by atoms with van der Waals surface area (Å²) in [6, 6.07) is 5.43. The molecule has 2 nitrogen and oxygen atoms in total. The molecule has 1 aromatic carbocycles. The number of halogens is 1. The van der Waals surface area contributed by atoms with E-state index >= 15 is 0 Å². The molecule has 3 heteroatoms. The Kier molecular flexibility index (Phi) is 5.63. The molecule has 1 N–H and O–H groups in total. The SMILES string of the molecule is CC(C)NCc1cc(F)cc(OC2CCC(C)C(C)C2)c1. The van der Waals surface area contributed by atoms with Gasteiger partial charge in [0.25, 0.3) is 0 Å². The van der Waals surface area contributed by atoms with Crippen molar-refractivity contribution in [2.45, 2.75) is 65.6 Å². The van der Waals surface area contributed by atoms with Crippen molar-refractivity contribution in [2.75, 3.05) is 0 Å². The lowest BCUT2D eigenvalue weighted by Gasteiger charge is -2.32. The number of ether oxygens (including phenoxy) is 1. The molecule has 3 atom stereocenters. The lowest BCUT2D eigenvalue weighted by Crippen LogP contribution is -2.28. The van der Waals surface area contributed by atoms with Crippen LogP contribution in [0, 0.1) is 17.7 Å². The molecule has 0 radical (unpaired) electrons. The smallest absolute Gasteiger partial charge is 0.127 e. The Morgan fingerprint density at radius 3 is 2.62 bits per heavy atom. The highest BCUT2D eigenvalue weighted by Crippen LogP contribution is 2.32. The van der Waals surface area contributed by atoms with Crippen molar-refractivity contribution in [3.8, 4) is 5.75 Å². The van der Waals surface area contributed by atoms with Gasteiger partial charge >= 0.3 is 0 Å². The maximum absolute atomic E-state index is 13.7. The average molecular weight is 293 g/mol. The zero-order chi connectivity index (χ0) is 15.4. The van der Waals surface area contributed by atoms with E-state index in [-0.39, 0.29) is 11.9 Å². The van der Waals surface area contributed by atoms with E-state index < -0.39 is 0 Å². The van der Waals surface area contributed by atoms with E-state index in [9.17, 15) is 4.39 Å². The van der Waals surface area contributed by atoms with Crippen molar-refractivity contribution in [1.82, 2.24) is 5.32 Å². The van der Waals surface area contributed by atoms with Crippen LogP contribution in [0.25, 0.3) is 0 Å². The van der Waals surface area contributed by atoms with Gasteiger partial charge in [0.1, 0.15) is 11.6 Å². The molecule has 0 heterocycles. The summed E-state index contributed by atoms with van der Waals surface area (Å²) < 4.78 is 19.8. The van der Waals surface area contributed by atoms with Crippen LogP contribution in [0.5, 0.6) is 5.75 Å². The van der Waals surface area contributed by atoms with Crippen molar-refractivity contribution in [2.24, 2.45) is 11.8 Å². The summed E-state index contributed by atoms with van der Waals surface area (Å²) in [5.74, 6) is 1.90. The summed E-state index contributed by atoms with van der Waals surface area (Å²) in [6.07, 6.45) is 3.56. The summed E-state index contributed by atoms with van der Waals surface area (Å²) in [5, 5.41) is 3.31. The van der Waals surface area contributed by atoms with Gasteiger partial charge in [0, 0.05) is 18.7 Å². The van der Waals surface area contributed by atoms with Crippen LogP contribution in [0.15, 0.2) is 18.2 Å². The fourth-order valence-corrected chi connectivity index (χ4v) is 2.91. The first-order valence-electron chi connectivity index (χ1n) is 8.13. The number of nitrogens with one attached hydrogen (secondary N) is 1. The third-order valence-corrected chi connectivity index (χ3v) is 4.50. The molecule has 0 aliphatic heterocycles. The predicted octanol–water partition coefficient (Wildman–Crippen LogP) is 4.53. The average Bonchev–Trinajstić information content (AvgIpc) is 2.40. The zero-order valence-corrected chi connectivity index (χ0v) is 13.7. The van der Waals surface area contributed by atoms with Crippen LogP contribution in [0.2, 0.25) is 0 Å². The van der Waals surface area contributed by atoms with Gasteiger partial charge in [-0.05, 0) is 48.8 Å². The third-order valence-electron chi connectivity index (χ3n) is 4.50. The molecule has 1 fully saturated rings. The number of hydrogen-bond donors (Lipinski definition) is 1. The van der Waals surface area contributed by atoms with Crippen molar-refractivity contribution in [1.29, 1.82) is 0 Å². The quantitative estimate of drug-likeness (QED) is 0.861. The van der Waals surface area contributed by atoms with Gasteiger partial charge in [-0.2, -0.15) is 0 Å². The first-order valence-corrected chi connectivity index (χ1v) is 8.13. The van der Waals surface area contributed by atoms with Crippen LogP contribution < -0.4 is 10.1 Å². The Labute approximate surface area is 128 Å². The standard InChI is InChI=1S/C18H28FNO/c1-12(2)20-11-15-8-16(19)10-18(9-15)21-17-6-5-13(3)14(4)7-17/h8-10,12-14,17,20H,5-7,11H2,1-4H3. The molecule has 0 amide bonds. The molecule has 1 saturated carbocycles. The molecule has 3 unspecified atom stereocenters. The van der Waals surface area contributed by atoms with Gasteiger partial charge in [-0.25, -0.2) is 4.39 Å². The van der Waals surface area contributed by atoms with E-state index in [4.69, 9.17) is 4.74 Å². The molecule has 1 aliphatic rings. The fraction of sp³-hybridized carbons (Fsp3) is 0.667.